The van der Waals surface area contributed by atoms with Crippen LogP contribution in [0.15, 0.2) is 24.5 Å². The maximum atomic E-state index is 11.9. The first-order valence-electron chi connectivity index (χ1n) is 5.78. The van der Waals surface area contributed by atoms with Crippen molar-refractivity contribution in [2.45, 2.75) is 38.5 Å². The van der Waals surface area contributed by atoms with E-state index < -0.39 is 0 Å². The maximum absolute atomic E-state index is 11.9. The highest BCUT2D eigenvalue weighted by molar-refractivity contribution is 5.83. The number of pyridine rings is 1. The number of carbonyl (C=O) groups excluding carboxylic acids is 1. The van der Waals surface area contributed by atoms with E-state index in [1.807, 2.05) is 12.1 Å². The van der Waals surface area contributed by atoms with Crippen LogP contribution < -0.4 is 0 Å². The molecule has 80 valence electrons. The quantitative estimate of drug-likeness (QED) is 0.756. The van der Waals surface area contributed by atoms with Gasteiger partial charge in [0.25, 0.3) is 0 Å². The topological polar surface area (TPSA) is 30.0 Å². The second-order valence-electron chi connectivity index (χ2n) is 4.33. The minimum atomic E-state index is 0.326. The molecule has 1 fully saturated rings. The molecule has 0 atom stereocenters. The molecule has 0 spiro atoms. The first-order chi connectivity index (χ1) is 7.36. The van der Waals surface area contributed by atoms with Crippen LogP contribution in [0.4, 0.5) is 0 Å². The van der Waals surface area contributed by atoms with E-state index in [4.69, 9.17) is 0 Å². The van der Waals surface area contributed by atoms with E-state index in [0.29, 0.717) is 18.1 Å². The van der Waals surface area contributed by atoms with Crippen molar-refractivity contribution < 1.29 is 4.79 Å². The molecule has 0 aromatic carbocycles. The highest BCUT2D eigenvalue weighted by Gasteiger charge is 2.20. The SMILES string of the molecule is O=C(Cc1ccncc1)C1CCCCC1. The monoisotopic (exact) mass is 203 g/mol. The van der Waals surface area contributed by atoms with Gasteiger partial charge in [0, 0.05) is 24.7 Å². The minimum Gasteiger partial charge on any atom is -0.299 e. The van der Waals surface area contributed by atoms with Gasteiger partial charge in [-0.15, -0.1) is 0 Å². The lowest BCUT2D eigenvalue weighted by atomic mass is 9.84. The van der Waals surface area contributed by atoms with Gasteiger partial charge in [0.1, 0.15) is 5.78 Å². The van der Waals surface area contributed by atoms with Crippen molar-refractivity contribution in [2.24, 2.45) is 5.92 Å². The van der Waals surface area contributed by atoms with Gasteiger partial charge in [-0.05, 0) is 30.5 Å². The lowest BCUT2D eigenvalue weighted by molar-refractivity contribution is -0.123. The summed E-state index contributed by atoms with van der Waals surface area (Å²) in [7, 11) is 0. The third-order valence-electron chi connectivity index (χ3n) is 3.19. The first-order valence-corrected chi connectivity index (χ1v) is 5.78. The van der Waals surface area contributed by atoms with Crippen LogP contribution in [0.2, 0.25) is 0 Å². The predicted octanol–water partition coefficient (Wildman–Crippen LogP) is 2.77. The fourth-order valence-corrected chi connectivity index (χ4v) is 2.27. The number of rotatable bonds is 3. The molecule has 1 saturated carbocycles. The Balaban J connectivity index is 1.91. The number of hydrogen-bond acceptors (Lipinski definition) is 2. The van der Waals surface area contributed by atoms with Crippen LogP contribution >= 0.6 is 0 Å². The van der Waals surface area contributed by atoms with Crippen LogP contribution in [0.5, 0.6) is 0 Å². The fourth-order valence-electron chi connectivity index (χ4n) is 2.27. The van der Waals surface area contributed by atoms with E-state index in [-0.39, 0.29) is 0 Å². The summed E-state index contributed by atoms with van der Waals surface area (Å²) >= 11 is 0. The fraction of sp³-hybridized carbons (Fsp3) is 0.538. The second kappa shape index (κ2) is 5.06. The van der Waals surface area contributed by atoms with Crippen molar-refractivity contribution >= 4 is 5.78 Å². The van der Waals surface area contributed by atoms with Gasteiger partial charge in [-0.2, -0.15) is 0 Å². The Bertz CT molecular complexity index is 315. The third-order valence-corrected chi connectivity index (χ3v) is 3.19. The van der Waals surface area contributed by atoms with Crippen molar-refractivity contribution in [3.63, 3.8) is 0 Å². The molecule has 1 aliphatic carbocycles. The summed E-state index contributed by atoms with van der Waals surface area (Å²) in [4.78, 5) is 15.9. The summed E-state index contributed by atoms with van der Waals surface area (Å²) in [6.45, 7) is 0. The van der Waals surface area contributed by atoms with Crippen molar-refractivity contribution in [1.29, 1.82) is 0 Å². The molecule has 2 heteroatoms. The predicted molar refractivity (Wildman–Crippen MR) is 59.5 cm³/mol. The molecule has 0 unspecified atom stereocenters. The smallest absolute Gasteiger partial charge is 0.140 e. The highest BCUT2D eigenvalue weighted by Crippen LogP contribution is 2.25. The van der Waals surface area contributed by atoms with Gasteiger partial charge in [0.15, 0.2) is 0 Å². The summed E-state index contributed by atoms with van der Waals surface area (Å²) < 4.78 is 0. The second-order valence-corrected chi connectivity index (χ2v) is 4.33. The number of nitrogens with zero attached hydrogens (tertiary/aromatic N) is 1. The Morgan fingerprint density at radius 3 is 2.53 bits per heavy atom. The molecule has 1 aliphatic rings. The summed E-state index contributed by atoms with van der Waals surface area (Å²) in [6.07, 6.45) is 10.1. The molecule has 15 heavy (non-hydrogen) atoms. The first kappa shape index (κ1) is 10.3. The summed E-state index contributed by atoms with van der Waals surface area (Å²) in [5.74, 6) is 0.743. The molecule has 1 aromatic heterocycles. The normalized spacial score (nSPS) is 17.6. The lowest BCUT2D eigenvalue weighted by Gasteiger charge is -2.20. The molecule has 0 radical (unpaired) electrons. The molecule has 1 heterocycles. The Morgan fingerprint density at radius 1 is 1.20 bits per heavy atom. The molecular formula is C13H17NO. The average molecular weight is 203 g/mol. The van der Waals surface area contributed by atoms with Crippen molar-refractivity contribution in [3.05, 3.63) is 30.1 Å². The molecule has 0 bridgehead atoms. The highest BCUT2D eigenvalue weighted by atomic mass is 16.1. The molecule has 0 amide bonds. The van der Waals surface area contributed by atoms with Crippen LogP contribution in [0.1, 0.15) is 37.7 Å². The van der Waals surface area contributed by atoms with E-state index in [0.717, 1.165) is 18.4 Å². The van der Waals surface area contributed by atoms with Crippen LogP contribution in [-0.4, -0.2) is 10.8 Å². The van der Waals surface area contributed by atoms with Crippen molar-refractivity contribution in [2.75, 3.05) is 0 Å². The molecule has 2 nitrogen and oxygen atoms in total. The summed E-state index contributed by atoms with van der Waals surface area (Å²) in [5.41, 5.74) is 1.10. The molecular weight excluding hydrogens is 186 g/mol. The van der Waals surface area contributed by atoms with Crippen molar-refractivity contribution in [1.82, 2.24) is 4.98 Å². The third kappa shape index (κ3) is 2.88. The van der Waals surface area contributed by atoms with Gasteiger partial charge >= 0.3 is 0 Å². The van der Waals surface area contributed by atoms with Gasteiger partial charge < -0.3 is 0 Å². The zero-order valence-corrected chi connectivity index (χ0v) is 8.98. The minimum absolute atomic E-state index is 0.326. The Labute approximate surface area is 90.7 Å². The van der Waals surface area contributed by atoms with Gasteiger partial charge in [0.2, 0.25) is 0 Å². The molecule has 0 N–H and O–H groups in total. The Morgan fingerprint density at radius 2 is 1.87 bits per heavy atom. The number of carbonyl (C=O) groups is 1. The van der Waals surface area contributed by atoms with E-state index in [2.05, 4.69) is 4.98 Å². The number of Topliss-reactive ketones (excluding diaryl/α,β-unsaturated/α-hetero) is 1. The molecule has 0 aliphatic heterocycles. The number of ketones is 1. The van der Waals surface area contributed by atoms with Crippen LogP contribution in [0.3, 0.4) is 0 Å². The van der Waals surface area contributed by atoms with Gasteiger partial charge in [-0.1, -0.05) is 19.3 Å². The average Bonchev–Trinajstić information content (AvgIpc) is 2.31. The van der Waals surface area contributed by atoms with E-state index >= 15 is 0 Å². The Kier molecular flexibility index (Phi) is 3.49. The zero-order valence-electron chi connectivity index (χ0n) is 8.98. The summed E-state index contributed by atoms with van der Waals surface area (Å²) in [6, 6.07) is 3.86. The summed E-state index contributed by atoms with van der Waals surface area (Å²) in [5, 5.41) is 0. The van der Waals surface area contributed by atoms with E-state index in [1.165, 1.54) is 19.3 Å². The largest absolute Gasteiger partial charge is 0.299 e. The van der Waals surface area contributed by atoms with Gasteiger partial charge in [-0.3, -0.25) is 9.78 Å². The van der Waals surface area contributed by atoms with Crippen molar-refractivity contribution in [3.8, 4) is 0 Å². The van der Waals surface area contributed by atoms with Gasteiger partial charge in [-0.25, -0.2) is 0 Å². The maximum Gasteiger partial charge on any atom is 0.140 e. The Hall–Kier alpha value is -1.18. The van der Waals surface area contributed by atoms with Crippen LogP contribution in [0, 0.1) is 5.92 Å². The van der Waals surface area contributed by atoms with E-state index in [9.17, 15) is 4.79 Å². The molecule has 1 aromatic rings. The molecule has 2 rings (SSSR count). The number of hydrogen-bond donors (Lipinski definition) is 0. The lowest BCUT2D eigenvalue weighted by Crippen LogP contribution is -2.19. The molecule has 0 saturated heterocycles. The zero-order chi connectivity index (χ0) is 10.5. The van der Waals surface area contributed by atoms with Crippen LogP contribution in [0.25, 0.3) is 0 Å². The number of aromatic nitrogens is 1. The van der Waals surface area contributed by atoms with Crippen LogP contribution in [-0.2, 0) is 11.2 Å². The van der Waals surface area contributed by atoms with Gasteiger partial charge in [0.05, 0.1) is 0 Å². The standard InChI is InChI=1S/C13H17NO/c15-13(12-4-2-1-3-5-12)10-11-6-8-14-9-7-11/h6-9,12H,1-5,10H2. The van der Waals surface area contributed by atoms with E-state index in [1.54, 1.807) is 12.4 Å².